The molecule has 0 fully saturated rings. The maximum absolute atomic E-state index is 10.7. The van der Waals surface area contributed by atoms with E-state index in [-0.39, 0.29) is 34.5 Å². The van der Waals surface area contributed by atoms with E-state index in [4.69, 9.17) is 9.47 Å². The summed E-state index contributed by atoms with van der Waals surface area (Å²) in [5.41, 5.74) is 0. The maximum Gasteiger partial charge on any atom is 1.00 e. The number of hydrogen-bond acceptors (Lipinski definition) is 4. The van der Waals surface area contributed by atoms with Gasteiger partial charge >= 0.3 is 29.6 Å². The van der Waals surface area contributed by atoms with Gasteiger partial charge in [-0.15, -0.1) is 0 Å². The van der Waals surface area contributed by atoms with Crippen molar-refractivity contribution in [3.05, 3.63) is 18.2 Å². The second-order valence-electron chi connectivity index (χ2n) is 2.52. The summed E-state index contributed by atoms with van der Waals surface area (Å²) in [6, 6.07) is 4.79. The molecule has 0 bridgehead atoms. The Balaban J connectivity index is 0.000000980. The molecule has 0 N–H and O–H groups in total. The van der Waals surface area contributed by atoms with E-state index in [1.54, 1.807) is 12.1 Å². The Morgan fingerprint density at radius 2 is 2.00 bits per heavy atom. The summed E-state index contributed by atoms with van der Waals surface area (Å²) in [5, 5.41) is 0. The first-order valence-electron chi connectivity index (χ1n) is 3.77. The summed E-state index contributed by atoms with van der Waals surface area (Å²) in [6.45, 7) is 0.850. The van der Waals surface area contributed by atoms with Gasteiger partial charge < -0.3 is 14.0 Å². The fraction of sp³-hybridized carbons (Fsp3) is 0.250. The van der Waals surface area contributed by atoms with Crippen LogP contribution in [0.15, 0.2) is 23.1 Å². The van der Waals surface area contributed by atoms with Crippen LogP contribution >= 0.6 is 0 Å². The van der Waals surface area contributed by atoms with Crippen molar-refractivity contribution in [3.63, 3.8) is 0 Å². The van der Waals surface area contributed by atoms with Crippen LogP contribution in [0.5, 0.6) is 11.5 Å². The van der Waals surface area contributed by atoms with Gasteiger partial charge in [-0.2, -0.15) is 0 Å². The molecule has 0 spiro atoms. The smallest absolute Gasteiger partial charge is 0.768 e. The molecule has 70 valence electrons. The third-order valence-corrected chi connectivity index (χ3v) is 2.39. The molecule has 1 unspecified atom stereocenters. The van der Waals surface area contributed by atoms with E-state index in [0.717, 1.165) is 0 Å². The van der Waals surface area contributed by atoms with Gasteiger partial charge in [-0.3, -0.25) is 4.21 Å². The second kappa shape index (κ2) is 5.14. The van der Waals surface area contributed by atoms with Crippen molar-refractivity contribution in [2.24, 2.45) is 0 Å². The van der Waals surface area contributed by atoms with Crippen LogP contribution in [0.3, 0.4) is 0 Å². The maximum atomic E-state index is 10.7. The molecule has 1 aliphatic heterocycles. The molecule has 14 heavy (non-hydrogen) atoms. The molecule has 0 aliphatic carbocycles. The molecule has 1 aromatic carbocycles. The minimum absolute atomic E-state index is 0. The van der Waals surface area contributed by atoms with Crippen LogP contribution < -0.4 is 39.0 Å². The van der Waals surface area contributed by atoms with Gasteiger partial charge in [-0.1, -0.05) is 6.07 Å². The Morgan fingerprint density at radius 3 is 2.71 bits per heavy atom. The fourth-order valence-electron chi connectivity index (χ4n) is 1.18. The minimum Gasteiger partial charge on any atom is -0.768 e. The Labute approximate surface area is 106 Å². The van der Waals surface area contributed by atoms with Crippen molar-refractivity contribution in [2.75, 3.05) is 13.2 Å². The number of benzene rings is 1. The van der Waals surface area contributed by atoms with E-state index in [9.17, 15) is 8.76 Å². The van der Waals surface area contributed by atoms with Gasteiger partial charge in [-0.25, -0.2) is 0 Å². The summed E-state index contributed by atoms with van der Waals surface area (Å²) < 4.78 is 31.9. The number of hydrogen-bond donors (Lipinski definition) is 0. The van der Waals surface area contributed by atoms with Crippen LogP contribution in [0.4, 0.5) is 0 Å². The van der Waals surface area contributed by atoms with Gasteiger partial charge in [0.05, 0.1) is 4.90 Å². The van der Waals surface area contributed by atoms with Crippen molar-refractivity contribution < 1.29 is 47.8 Å². The zero-order chi connectivity index (χ0) is 9.26. The van der Waals surface area contributed by atoms with E-state index in [1.807, 2.05) is 0 Å². The quantitative estimate of drug-likeness (QED) is 0.396. The first-order valence-corrected chi connectivity index (χ1v) is 4.84. The summed E-state index contributed by atoms with van der Waals surface area (Å²) in [5.74, 6) is 0.815. The average molecular weight is 222 g/mol. The zero-order valence-electron chi connectivity index (χ0n) is 7.69. The summed E-state index contributed by atoms with van der Waals surface area (Å²) >= 11 is -2.27. The van der Waals surface area contributed by atoms with Gasteiger partial charge in [0.15, 0.2) is 11.5 Å². The third-order valence-electron chi connectivity index (χ3n) is 1.71. The standard InChI is InChI=1S/C8H8O4S.Na/c9-13(10)7-3-1-2-6-8(7)12-5-4-11-6;/h1-3H,4-5H2,(H,9,10);/q;+1/p-1. The van der Waals surface area contributed by atoms with Crippen LogP contribution in [0, 0.1) is 0 Å². The third kappa shape index (κ3) is 2.29. The number of ether oxygens (including phenoxy) is 2. The topological polar surface area (TPSA) is 58.6 Å². The number of fused-ring (bicyclic) bond motifs is 1. The van der Waals surface area contributed by atoms with Crippen molar-refractivity contribution in [2.45, 2.75) is 4.90 Å². The SMILES string of the molecule is O=S([O-])c1cccc2c1OCCO2.[Na+]. The van der Waals surface area contributed by atoms with Crippen molar-refractivity contribution in [1.82, 2.24) is 0 Å². The predicted molar refractivity (Wildman–Crippen MR) is 44.6 cm³/mol. The minimum atomic E-state index is -2.27. The predicted octanol–water partition coefficient (Wildman–Crippen LogP) is -2.30. The van der Waals surface area contributed by atoms with Crippen LogP contribution in [-0.2, 0) is 11.1 Å². The average Bonchev–Trinajstić information content (AvgIpc) is 2.17. The number of rotatable bonds is 1. The molecule has 0 saturated heterocycles. The normalized spacial score (nSPS) is 15.5. The molecule has 6 heteroatoms. The van der Waals surface area contributed by atoms with E-state index in [0.29, 0.717) is 24.7 Å². The first-order chi connectivity index (χ1) is 6.29. The van der Waals surface area contributed by atoms with E-state index in [2.05, 4.69) is 0 Å². The van der Waals surface area contributed by atoms with Crippen LogP contribution in [0.1, 0.15) is 0 Å². The van der Waals surface area contributed by atoms with Gasteiger partial charge in [0.2, 0.25) is 0 Å². The van der Waals surface area contributed by atoms with Gasteiger partial charge in [0.1, 0.15) is 13.2 Å². The molecule has 1 aromatic rings. The molecule has 4 nitrogen and oxygen atoms in total. The molecule has 1 aliphatic rings. The van der Waals surface area contributed by atoms with E-state index in [1.165, 1.54) is 6.07 Å². The van der Waals surface area contributed by atoms with Crippen molar-refractivity contribution in [3.8, 4) is 11.5 Å². The van der Waals surface area contributed by atoms with Gasteiger partial charge in [0, 0.05) is 0 Å². The summed E-state index contributed by atoms with van der Waals surface area (Å²) in [4.78, 5) is 0.150. The first kappa shape index (κ1) is 12.0. The summed E-state index contributed by atoms with van der Waals surface area (Å²) in [6.07, 6.45) is 0. The second-order valence-corrected chi connectivity index (χ2v) is 3.42. The Morgan fingerprint density at radius 1 is 1.29 bits per heavy atom. The molecule has 0 radical (unpaired) electrons. The van der Waals surface area contributed by atoms with Crippen molar-refractivity contribution in [1.29, 1.82) is 0 Å². The van der Waals surface area contributed by atoms with Gasteiger partial charge in [0.25, 0.3) is 0 Å². The largest absolute Gasteiger partial charge is 1.00 e. The van der Waals surface area contributed by atoms with Crippen molar-refractivity contribution >= 4 is 11.1 Å². The van der Waals surface area contributed by atoms with E-state index < -0.39 is 11.1 Å². The number of para-hydroxylation sites is 1. The Hall–Kier alpha value is -0.0700. The zero-order valence-corrected chi connectivity index (χ0v) is 10.5. The van der Waals surface area contributed by atoms with E-state index >= 15 is 0 Å². The molecule has 0 aromatic heterocycles. The molecule has 2 rings (SSSR count). The Bertz CT molecular complexity index is 355. The molecule has 0 amide bonds. The Kier molecular flexibility index (Phi) is 4.40. The molecule has 1 heterocycles. The molecule has 1 atom stereocenters. The van der Waals surface area contributed by atoms with Gasteiger partial charge in [-0.05, 0) is 23.2 Å². The molecular weight excluding hydrogens is 215 g/mol. The van der Waals surface area contributed by atoms with Crippen LogP contribution in [0.25, 0.3) is 0 Å². The monoisotopic (exact) mass is 222 g/mol. The summed E-state index contributed by atoms with van der Waals surface area (Å²) in [7, 11) is 0. The molecule has 0 saturated carbocycles. The van der Waals surface area contributed by atoms with Crippen LogP contribution in [0.2, 0.25) is 0 Å². The van der Waals surface area contributed by atoms with Crippen LogP contribution in [-0.4, -0.2) is 22.0 Å². The molecular formula is C8H7NaO4S. The fourth-order valence-corrected chi connectivity index (χ4v) is 1.68.